The molecule has 90 valence electrons. The fourth-order valence-electron chi connectivity index (χ4n) is 1.52. The van der Waals surface area contributed by atoms with Gasteiger partial charge in [-0.05, 0) is 29.4 Å². The molecule has 0 aliphatic carbocycles. The maximum absolute atomic E-state index is 5.51. The van der Waals surface area contributed by atoms with Crippen LogP contribution in [0.5, 0.6) is 0 Å². The molecule has 0 aromatic carbocycles. The Kier molecular flexibility index (Phi) is 3.50. The number of thiophene rings is 1. The van der Waals surface area contributed by atoms with Gasteiger partial charge in [0.15, 0.2) is 0 Å². The number of nitrogen functional groups attached to an aromatic ring is 2. The maximum Gasteiger partial charge on any atom is 0.225 e. The van der Waals surface area contributed by atoms with Gasteiger partial charge in [-0.1, -0.05) is 0 Å². The smallest absolute Gasteiger partial charge is 0.225 e. The van der Waals surface area contributed by atoms with Crippen molar-refractivity contribution >= 4 is 23.2 Å². The van der Waals surface area contributed by atoms with Crippen LogP contribution in [0.3, 0.4) is 0 Å². The molecule has 7 heteroatoms. The lowest BCUT2D eigenvalue weighted by atomic mass is 10.3. The highest BCUT2D eigenvalue weighted by Gasteiger charge is 2.06. The van der Waals surface area contributed by atoms with Crippen molar-refractivity contribution in [3.8, 4) is 0 Å². The molecule has 6 nitrogen and oxygen atoms in total. The number of aromatic nitrogens is 3. The van der Waals surface area contributed by atoms with Gasteiger partial charge in [0.25, 0.3) is 0 Å². The van der Waals surface area contributed by atoms with Crippen LogP contribution in [0.2, 0.25) is 0 Å². The van der Waals surface area contributed by atoms with E-state index in [4.69, 9.17) is 11.5 Å². The van der Waals surface area contributed by atoms with E-state index in [2.05, 4.69) is 36.7 Å². The van der Waals surface area contributed by atoms with Crippen LogP contribution in [0.4, 0.5) is 11.9 Å². The summed E-state index contributed by atoms with van der Waals surface area (Å²) in [6.07, 6.45) is 0. The second-order valence-corrected chi connectivity index (χ2v) is 4.55. The van der Waals surface area contributed by atoms with Gasteiger partial charge >= 0.3 is 0 Å². The highest BCUT2D eigenvalue weighted by Crippen LogP contribution is 2.10. The van der Waals surface area contributed by atoms with Crippen LogP contribution in [0.15, 0.2) is 16.8 Å². The molecule has 0 atom stereocenters. The highest BCUT2D eigenvalue weighted by atomic mass is 32.1. The Balaban J connectivity index is 2.00. The van der Waals surface area contributed by atoms with E-state index in [0.717, 1.165) is 6.54 Å². The van der Waals surface area contributed by atoms with Gasteiger partial charge in [-0.3, -0.25) is 4.90 Å². The molecule has 0 saturated carbocycles. The van der Waals surface area contributed by atoms with Gasteiger partial charge in [-0.25, -0.2) is 0 Å². The fraction of sp³-hybridized carbons (Fsp3) is 0.300. The maximum atomic E-state index is 5.51. The quantitative estimate of drug-likeness (QED) is 0.830. The normalized spacial score (nSPS) is 10.9. The van der Waals surface area contributed by atoms with Crippen molar-refractivity contribution in [2.75, 3.05) is 18.5 Å². The largest absolute Gasteiger partial charge is 0.368 e. The molecule has 2 aromatic rings. The first-order chi connectivity index (χ1) is 8.13. The van der Waals surface area contributed by atoms with Gasteiger partial charge in [-0.2, -0.15) is 26.3 Å². The Labute approximate surface area is 103 Å². The molecule has 2 aromatic heterocycles. The van der Waals surface area contributed by atoms with Gasteiger partial charge in [0.05, 0.1) is 6.54 Å². The van der Waals surface area contributed by atoms with E-state index < -0.39 is 0 Å². The molecule has 0 saturated heterocycles. The molecular weight excluding hydrogens is 236 g/mol. The zero-order valence-corrected chi connectivity index (χ0v) is 10.3. The summed E-state index contributed by atoms with van der Waals surface area (Å²) in [5, 5.41) is 4.18. The topological polar surface area (TPSA) is 94.0 Å². The third-order valence-corrected chi connectivity index (χ3v) is 2.89. The Morgan fingerprint density at radius 2 is 1.88 bits per heavy atom. The van der Waals surface area contributed by atoms with Crippen molar-refractivity contribution in [1.82, 2.24) is 19.9 Å². The Morgan fingerprint density at radius 3 is 2.47 bits per heavy atom. The summed E-state index contributed by atoms with van der Waals surface area (Å²) in [6, 6.07) is 2.09. The monoisotopic (exact) mass is 250 g/mol. The standard InChI is InChI=1S/C10H14N6S/c1-16(4-7-2-3-17-6-7)5-8-13-9(11)15-10(12)14-8/h2-3,6H,4-5H2,1H3,(H4,11,12,13,14,15). The molecule has 0 bridgehead atoms. The van der Waals surface area contributed by atoms with E-state index in [9.17, 15) is 0 Å². The second kappa shape index (κ2) is 5.07. The van der Waals surface area contributed by atoms with Crippen LogP contribution in [-0.2, 0) is 13.1 Å². The molecule has 0 aliphatic heterocycles. The lowest BCUT2D eigenvalue weighted by molar-refractivity contribution is 0.311. The Morgan fingerprint density at radius 1 is 1.18 bits per heavy atom. The van der Waals surface area contributed by atoms with Crippen LogP contribution in [0.1, 0.15) is 11.4 Å². The highest BCUT2D eigenvalue weighted by molar-refractivity contribution is 7.07. The molecule has 0 spiro atoms. The summed E-state index contributed by atoms with van der Waals surface area (Å²) >= 11 is 1.68. The summed E-state index contributed by atoms with van der Waals surface area (Å²) in [6.45, 7) is 1.43. The third kappa shape index (κ3) is 3.36. The van der Waals surface area contributed by atoms with Crippen molar-refractivity contribution in [2.45, 2.75) is 13.1 Å². The van der Waals surface area contributed by atoms with Crippen molar-refractivity contribution < 1.29 is 0 Å². The van der Waals surface area contributed by atoms with Crippen LogP contribution in [0.25, 0.3) is 0 Å². The molecule has 0 fully saturated rings. The molecule has 17 heavy (non-hydrogen) atoms. The number of anilines is 2. The first kappa shape index (κ1) is 11.7. The zero-order chi connectivity index (χ0) is 12.3. The van der Waals surface area contributed by atoms with Crippen molar-refractivity contribution in [2.24, 2.45) is 0 Å². The van der Waals surface area contributed by atoms with E-state index >= 15 is 0 Å². The summed E-state index contributed by atoms with van der Waals surface area (Å²) in [5.74, 6) is 0.917. The number of nitrogens with two attached hydrogens (primary N) is 2. The first-order valence-electron chi connectivity index (χ1n) is 5.09. The molecule has 4 N–H and O–H groups in total. The van der Waals surface area contributed by atoms with E-state index in [1.807, 2.05) is 7.05 Å². The van der Waals surface area contributed by atoms with Gasteiger partial charge in [0.2, 0.25) is 11.9 Å². The SMILES string of the molecule is CN(Cc1ccsc1)Cc1nc(N)nc(N)n1. The van der Waals surface area contributed by atoms with Gasteiger partial charge in [-0.15, -0.1) is 0 Å². The predicted octanol–water partition coefficient (Wildman–Crippen LogP) is 0.730. The molecule has 0 unspecified atom stereocenters. The number of nitrogens with zero attached hydrogens (tertiary/aromatic N) is 4. The van der Waals surface area contributed by atoms with E-state index in [-0.39, 0.29) is 11.9 Å². The minimum absolute atomic E-state index is 0.163. The van der Waals surface area contributed by atoms with Crippen LogP contribution < -0.4 is 11.5 Å². The van der Waals surface area contributed by atoms with Crippen LogP contribution >= 0.6 is 11.3 Å². The second-order valence-electron chi connectivity index (χ2n) is 3.77. The van der Waals surface area contributed by atoms with Crippen molar-refractivity contribution in [3.63, 3.8) is 0 Å². The van der Waals surface area contributed by atoms with E-state index in [1.165, 1.54) is 5.56 Å². The summed E-state index contributed by atoms with van der Waals surface area (Å²) < 4.78 is 0. The van der Waals surface area contributed by atoms with E-state index in [1.54, 1.807) is 11.3 Å². The number of hydrogen-bond acceptors (Lipinski definition) is 7. The lowest BCUT2D eigenvalue weighted by Gasteiger charge is -2.14. The summed E-state index contributed by atoms with van der Waals surface area (Å²) in [5.41, 5.74) is 12.3. The summed E-state index contributed by atoms with van der Waals surface area (Å²) in [4.78, 5) is 13.9. The Bertz CT molecular complexity index is 463. The van der Waals surface area contributed by atoms with Gasteiger partial charge in [0, 0.05) is 6.54 Å². The van der Waals surface area contributed by atoms with Crippen LogP contribution in [0, 0.1) is 0 Å². The third-order valence-electron chi connectivity index (χ3n) is 2.16. The molecule has 0 radical (unpaired) electrons. The first-order valence-corrected chi connectivity index (χ1v) is 6.03. The summed E-state index contributed by atoms with van der Waals surface area (Å²) in [7, 11) is 1.99. The van der Waals surface area contributed by atoms with Crippen molar-refractivity contribution in [1.29, 1.82) is 0 Å². The predicted molar refractivity (Wildman–Crippen MR) is 68.1 cm³/mol. The number of hydrogen-bond donors (Lipinski definition) is 2. The Hall–Kier alpha value is -1.73. The average molecular weight is 250 g/mol. The number of rotatable bonds is 4. The fourth-order valence-corrected chi connectivity index (χ4v) is 2.18. The molecule has 2 rings (SSSR count). The molecule has 0 aliphatic rings. The molecular formula is C10H14N6S. The molecule has 2 heterocycles. The minimum atomic E-state index is 0.163. The van der Waals surface area contributed by atoms with E-state index in [0.29, 0.717) is 12.4 Å². The van der Waals surface area contributed by atoms with Crippen molar-refractivity contribution in [3.05, 3.63) is 28.2 Å². The average Bonchev–Trinajstić information content (AvgIpc) is 2.67. The minimum Gasteiger partial charge on any atom is -0.368 e. The van der Waals surface area contributed by atoms with Gasteiger partial charge in [0.1, 0.15) is 5.82 Å². The molecule has 0 amide bonds. The lowest BCUT2D eigenvalue weighted by Crippen LogP contribution is -2.19. The zero-order valence-electron chi connectivity index (χ0n) is 9.50. The van der Waals surface area contributed by atoms with Gasteiger partial charge < -0.3 is 11.5 Å². The van der Waals surface area contributed by atoms with Crippen LogP contribution in [-0.4, -0.2) is 26.9 Å².